The van der Waals surface area contributed by atoms with Gasteiger partial charge in [-0.15, -0.1) is 0 Å². The van der Waals surface area contributed by atoms with E-state index in [4.69, 9.17) is 10.7 Å². The Morgan fingerprint density at radius 1 is 1.24 bits per heavy atom. The van der Waals surface area contributed by atoms with Crippen molar-refractivity contribution >= 4 is 11.0 Å². The first-order valence-electron chi connectivity index (χ1n) is 9.01. The zero-order chi connectivity index (χ0) is 17.2. The van der Waals surface area contributed by atoms with Crippen LogP contribution >= 0.6 is 0 Å². The number of fused-ring (bicyclic) bond motifs is 3. The first-order valence-corrected chi connectivity index (χ1v) is 9.01. The van der Waals surface area contributed by atoms with Crippen molar-refractivity contribution in [2.24, 2.45) is 5.73 Å². The van der Waals surface area contributed by atoms with Gasteiger partial charge in [-0.25, -0.2) is 9.37 Å². The largest absolute Gasteiger partial charge is 0.325 e. The minimum absolute atomic E-state index is 0.299. The van der Waals surface area contributed by atoms with Crippen LogP contribution in [0.1, 0.15) is 50.2 Å². The molecule has 3 aromatic rings. The van der Waals surface area contributed by atoms with E-state index in [0.29, 0.717) is 11.7 Å². The number of halogens is 1. The van der Waals surface area contributed by atoms with E-state index in [2.05, 4.69) is 22.5 Å². The molecule has 1 fully saturated rings. The number of benzene rings is 1. The lowest BCUT2D eigenvalue weighted by Gasteiger charge is -2.37. The summed E-state index contributed by atoms with van der Waals surface area (Å²) in [7, 11) is 0. The third-order valence-corrected chi connectivity index (χ3v) is 5.88. The molecule has 3 heterocycles. The molecule has 0 bridgehead atoms. The lowest BCUT2D eigenvalue weighted by molar-refractivity contribution is 0.237. The zero-order valence-electron chi connectivity index (χ0n) is 14.3. The fraction of sp³-hybridized carbons (Fsp3) is 0.400. The highest BCUT2D eigenvalue weighted by Gasteiger charge is 2.38. The molecule has 128 valence electrons. The van der Waals surface area contributed by atoms with Crippen molar-refractivity contribution in [3.8, 4) is 11.1 Å². The van der Waals surface area contributed by atoms with Crippen molar-refractivity contribution in [2.75, 3.05) is 0 Å². The van der Waals surface area contributed by atoms with Gasteiger partial charge < -0.3 is 10.3 Å². The van der Waals surface area contributed by atoms with Crippen LogP contribution in [-0.4, -0.2) is 14.5 Å². The van der Waals surface area contributed by atoms with E-state index >= 15 is 0 Å². The SMILES string of the molecule is CC1CCc2nc3ccc(-c4cnc(C5(N)CCC5)c(F)c4)cc3n21. The van der Waals surface area contributed by atoms with Gasteiger partial charge in [0.1, 0.15) is 11.6 Å². The van der Waals surface area contributed by atoms with Gasteiger partial charge in [-0.05, 0) is 56.4 Å². The van der Waals surface area contributed by atoms with Crippen LogP contribution in [0.5, 0.6) is 0 Å². The molecule has 1 aliphatic heterocycles. The molecule has 5 heteroatoms. The molecular weight excluding hydrogens is 315 g/mol. The molecule has 5 rings (SSSR count). The average Bonchev–Trinajstić information content (AvgIpc) is 3.12. The zero-order valence-corrected chi connectivity index (χ0v) is 14.3. The normalized spacial score (nSPS) is 21.3. The molecule has 4 nitrogen and oxygen atoms in total. The number of imidazole rings is 1. The van der Waals surface area contributed by atoms with Gasteiger partial charge in [0.2, 0.25) is 0 Å². The standard InChI is InChI=1S/C20H21FN4/c1-12-3-6-18-24-16-5-4-13(10-17(16)25(12)18)14-9-15(21)19(23-11-14)20(22)7-2-8-20/h4-5,9-12H,2-3,6-8,22H2,1H3. The van der Waals surface area contributed by atoms with Crippen molar-refractivity contribution in [3.05, 3.63) is 47.8 Å². The maximum absolute atomic E-state index is 14.6. The molecule has 1 atom stereocenters. The van der Waals surface area contributed by atoms with Gasteiger partial charge in [-0.2, -0.15) is 0 Å². The molecule has 1 aromatic carbocycles. The Morgan fingerprint density at radius 3 is 2.80 bits per heavy atom. The second-order valence-corrected chi connectivity index (χ2v) is 7.55. The van der Waals surface area contributed by atoms with Gasteiger partial charge in [-0.1, -0.05) is 6.07 Å². The smallest absolute Gasteiger partial charge is 0.147 e. The second-order valence-electron chi connectivity index (χ2n) is 7.55. The van der Waals surface area contributed by atoms with Gasteiger partial charge in [0.15, 0.2) is 0 Å². The van der Waals surface area contributed by atoms with Gasteiger partial charge >= 0.3 is 0 Å². The van der Waals surface area contributed by atoms with Crippen molar-refractivity contribution in [2.45, 2.75) is 50.6 Å². The predicted molar refractivity (Wildman–Crippen MR) is 95.7 cm³/mol. The number of nitrogens with two attached hydrogens (primary N) is 1. The average molecular weight is 336 g/mol. The van der Waals surface area contributed by atoms with Crippen LogP contribution in [0.2, 0.25) is 0 Å². The van der Waals surface area contributed by atoms with Crippen LogP contribution in [0.4, 0.5) is 4.39 Å². The first kappa shape index (κ1) is 15.0. The van der Waals surface area contributed by atoms with Crippen LogP contribution in [0.3, 0.4) is 0 Å². The summed E-state index contributed by atoms with van der Waals surface area (Å²) in [4.78, 5) is 9.10. The molecule has 0 radical (unpaired) electrons. The second kappa shape index (κ2) is 5.11. The van der Waals surface area contributed by atoms with E-state index in [1.54, 1.807) is 12.3 Å². The fourth-order valence-electron chi connectivity index (χ4n) is 4.21. The molecule has 2 N–H and O–H groups in total. The monoisotopic (exact) mass is 336 g/mol. The van der Waals surface area contributed by atoms with Gasteiger partial charge in [-0.3, -0.25) is 4.98 Å². The summed E-state index contributed by atoms with van der Waals surface area (Å²) < 4.78 is 16.9. The molecule has 25 heavy (non-hydrogen) atoms. The highest BCUT2D eigenvalue weighted by Crippen LogP contribution is 2.39. The Kier molecular flexibility index (Phi) is 3.07. The van der Waals surface area contributed by atoms with Crippen molar-refractivity contribution in [1.82, 2.24) is 14.5 Å². The predicted octanol–water partition coefficient (Wildman–Crippen LogP) is 4.08. The highest BCUT2D eigenvalue weighted by atomic mass is 19.1. The van der Waals surface area contributed by atoms with Gasteiger partial charge in [0.25, 0.3) is 0 Å². The molecule has 2 aliphatic rings. The maximum atomic E-state index is 14.6. The number of rotatable bonds is 2. The summed E-state index contributed by atoms with van der Waals surface area (Å²) in [6, 6.07) is 8.15. The third kappa shape index (κ3) is 2.15. The van der Waals surface area contributed by atoms with E-state index in [0.717, 1.165) is 60.1 Å². The topological polar surface area (TPSA) is 56.7 Å². The molecule has 1 aliphatic carbocycles. The van der Waals surface area contributed by atoms with E-state index < -0.39 is 5.54 Å². The third-order valence-electron chi connectivity index (χ3n) is 5.88. The molecule has 2 aromatic heterocycles. The lowest BCUT2D eigenvalue weighted by atomic mass is 9.75. The minimum atomic E-state index is -0.575. The summed E-state index contributed by atoms with van der Waals surface area (Å²) in [6.45, 7) is 2.22. The molecule has 0 spiro atoms. The van der Waals surface area contributed by atoms with Crippen molar-refractivity contribution in [3.63, 3.8) is 0 Å². The number of nitrogens with zero attached hydrogens (tertiary/aromatic N) is 3. The van der Waals surface area contributed by atoms with E-state index in [9.17, 15) is 4.39 Å². The van der Waals surface area contributed by atoms with E-state index in [1.807, 2.05) is 12.1 Å². The molecule has 1 unspecified atom stereocenters. The highest BCUT2D eigenvalue weighted by molar-refractivity contribution is 5.83. The van der Waals surface area contributed by atoms with Gasteiger partial charge in [0, 0.05) is 24.2 Å². The quantitative estimate of drug-likeness (QED) is 0.767. The summed E-state index contributed by atoms with van der Waals surface area (Å²) in [5.74, 6) is 0.848. The number of aromatic nitrogens is 3. The number of aryl methyl sites for hydroxylation is 1. The molecule has 0 amide bonds. The minimum Gasteiger partial charge on any atom is -0.325 e. The van der Waals surface area contributed by atoms with Crippen LogP contribution in [0, 0.1) is 5.82 Å². The number of hydrogen-bond acceptors (Lipinski definition) is 3. The van der Waals surface area contributed by atoms with E-state index in [-0.39, 0.29) is 5.82 Å². The Hall–Kier alpha value is -2.27. The summed E-state index contributed by atoms with van der Waals surface area (Å²) in [5.41, 5.74) is 9.94. The van der Waals surface area contributed by atoms with Gasteiger partial charge in [0.05, 0.1) is 22.3 Å². The van der Waals surface area contributed by atoms with Crippen LogP contribution < -0.4 is 5.73 Å². The summed E-state index contributed by atoms with van der Waals surface area (Å²) in [6.07, 6.45) is 6.56. The lowest BCUT2D eigenvalue weighted by Crippen LogP contribution is -2.44. The molecule has 0 saturated heterocycles. The van der Waals surface area contributed by atoms with Crippen LogP contribution in [0.25, 0.3) is 22.2 Å². The fourth-order valence-corrected chi connectivity index (χ4v) is 4.21. The molecular formula is C20H21FN4. The Morgan fingerprint density at radius 2 is 2.08 bits per heavy atom. The summed E-state index contributed by atoms with van der Waals surface area (Å²) in [5, 5.41) is 0. The van der Waals surface area contributed by atoms with E-state index in [1.165, 1.54) is 0 Å². The van der Waals surface area contributed by atoms with Crippen LogP contribution in [0.15, 0.2) is 30.5 Å². The number of pyridine rings is 1. The molecule has 1 saturated carbocycles. The summed E-state index contributed by atoms with van der Waals surface area (Å²) >= 11 is 0. The maximum Gasteiger partial charge on any atom is 0.147 e. The Balaban J connectivity index is 1.59. The number of hydrogen-bond donors (Lipinski definition) is 1. The Bertz CT molecular complexity index is 987. The van der Waals surface area contributed by atoms with Crippen molar-refractivity contribution < 1.29 is 4.39 Å². The first-order chi connectivity index (χ1) is 12.0. The van der Waals surface area contributed by atoms with Crippen LogP contribution in [-0.2, 0) is 12.0 Å². The van der Waals surface area contributed by atoms with Crippen molar-refractivity contribution in [1.29, 1.82) is 0 Å². The Labute approximate surface area is 145 Å².